The van der Waals surface area contributed by atoms with Gasteiger partial charge in [-0.15, -0.1) is 0 Å². The van der Waals surface area contributed by atoms with E-state index < -0.39 is 24.0 Å². The summed E-state index contributed by atoms with van der Waals surface area (Å²) in [6, 6.07) is 0. The lowest BCUT2D eigenvalue weighted by Gasteiger charge is -2.65. The van der Waals surface area contributed by atoms with E-state index in [9.17, 15) is 9.90 Å². The Morgan fingerprint density at radius 1 is 1.04 bits per heavy atom. The summed E-state index contributed by atoms with van der Waals surface area (Å²) in [7, 11) is 0. The van der Waals surface area contributed by atoms with Gasteiger partial charge in [-0.2, -0.15) is 0 Å². The topological polar surface area (TPSA) is 65.0 Å². The van der Waals surface area contributed by atoms with E-state index in [1.807, 2.05) is 0 Å². The predicted octanol–water partition coefficient (Wildman–Crippen LogP) is 3.82. The molecule has 5 nitrogen and oxygen atoms in total. The van der Waals surface area contributed by atoms with Crippen LogP contribution in [0.2, 0.25) is 0 Å². The second-order valence-corrected chi connectivity index (χ2v) is 10.7. The molecular weight excluding hydrogens is 344 g/mol. The van der Waals surface area contributed by atoms with E-state index in [1.54, 1.807) is 0 Å². The summed E-state index contributed by atoms with van der Waals surface area (Å²) in [6.07, 6.45) is 6.08. The van der Waals surface area contributed by atoms with E-state index in [4.69, 9.17) is 14.2 Å². The van der Waals surface area contributed by atoms with Crippen molar-refractivity contribution in [1.29, 1.82) is 0 Å². The molecule has 1 N–H and O–H groups in total. The van der Waals surface area contributed by atoms with Gasteiger partial charge < -0.3 is 19.3 Å². The van der Waals surface area contributed by atoms with Crippen molar-refractivity contribution >= 4 is 5.97 Å². The molecule has 4 rings (SSSR count). The van der Waals surface area contributed by atoms with Gasteiger partial charge in [0.1, 0.15) is 6.10 Å². The summed E-state index contributed by atoms with van der Waals surface area (Å²) < 4.78 is 17.8. The molecule has 0 radical (unpaired) electrons. The minimum absolute atomic E-state index is 0.158. The fourth-order valence-corrected chi connectivity index (χ4v) is 7.52. The van der Waals surface area contributed by atoms with Crippen LogP contribution in [0.5, 0.6) is 0 Å². The highest BCUT2D eigenvalue weighted by atomic mass is 16.7. The molecule has 4 aliphatic rings. The molecule has 0 aromatic heterocycles. The molecule has 154 valence electrons. The molecule has 2 saturated carbocycles. The van der Waals surface area contributed by atoms with Crippen LogP contribution in [0, 0.1) is 22.7 Å². The molecule has 1 spiro atoms. The molecule has 0 amide bonds. The van der Waals surface area contributed by atoms with Crippen LogP contribution in [0.1, 0.15) is 79.6 Å². The predicted molar refractivity (Wildman–Crippen MR) is 101 cm³/mol. The lowest BCUT2D eigenvalue weighted by Crippen LogP contribution is -2.67. The van der Waals surface area contributed by atoms with Crippen LogP contribution >= 0.6 is 0 Å². The average Bonchev–Trinajstić information content (AvgIpc) is 2.81. The lowest BCUT2D eigenvalue weighted by molar-refractivity contribution is -0.317. The third kappa shape index (κ3) is 2.79. The first-order chi connectivity index (χ1) is 12.5. The van der Waals surface area contributed by atoms with Crippen molar-refractivity contribution in [3.05, 3.63) is 0 Å². The molecule has 0 aromatic carbocycles. The molecule has 4 fully saturated rings. The number of carbonyl (C=O) groups is 1. The third-order valence-electron chi connectivity index (χ3n) is 8.63. The number of ether oxygens (including phenoxy) is 3. The zero-order valence-corrected chi connectivity index (χ0v) is 17.5. The van der Waals surface area contributed by atoms with Gasteiger partial charge in [-0.1, -0.05) is 27.2 Å². The number of carbonyl (C=O) groups excluding carboxylic acids is 1. The molecule has 0 bridgehead atoms. The number of aliphatic hydroxyl groups excluding tert-OH is 1. The van der Waals surface area contributed by atoms with Crippen molar-refractivity contribution in [2.45, 2.75) is 103 Å². The molecule has 2 aliphatic heterocycles. The Kier molecular flexibility index (Phi) is 4.49. The molecule has 2 heterocycles. The van der Waals surface area contributed by atoms with Gasteiger partial charge in [-0.25, -0.2) is 0 Å². The Balaban J connectivity index is 1.65. The van der Waals surface area contributed by atoms with Crippen LogP contribution < -0.4 is 0 Å². The van der Waals surface area contributed by atoms with Gasteiger partial charge in [0.25, 0.3) is 0 Å². The Bertz CT molecular complexity index is 618. The Morgan fingerprint density at radius 3 is 2.44 bits per heavy atom. The Morgan fingerprint density at radius 2 is 1.74 bits per heavy atom. The smallest absolute Gasteiger partial charge is 0.305 e. The Labute approximate surface area is 163 Å². The molecule has 7 atom stereocenters. The molecule has 2 aliphatic carbocycles. The van der Waals surface area contributed by atoms with Gasteiger partial charge in [-0.05, 0) is 68.1 Å². The van der Waals surface area contributed by atoms with Crippen LogP contribution in [0.4, 0.5) is 0 Å². The van der Waals surface area contributed by atoms with Crippen LogP contribution in [-0.4, -0.2) is 41.3 Å². The van der Waals surface area contributed by atoms with E-state index in [2.05, 4.69) is 27.7 Å². The summed E-state index contributed by atoms with van der Waals surface area (Å²) in [6.45, 7) is 11.1. The number of fused-ring (bicyclic) bond motifs is 3. The normalized spacial score (nSPS) is 51.5. The SMILES string of the molecule is CC(=O)O[C@H]1OC[C@H](O)[C@]12CC[C@H]1[C@]3(C)CCCC(C)(C)[C@H]3CC[C@]1(C)O2. The van der Waals surface area contributed by atoms with Crippen molar-refractivity contribution in [2.24, 2.45) is 22.7 Å². The van der Waals surface area contributed by atoms with Crippen molar-refractivity contribution in [3.8, 4) is 0 Å². The maximum absolute atomic E-state index is 11.6. The van der Waals surface area contributed by atoms with Gasteiger partial charge in [0, 0.05) is 6.92 Å². The highest BCUT2D eigenvalue weighted by Crippen LogP contribution is 2.66. The summed E-state index contributed by atoms with van der Waals surface area (Å²) in [5, 5.41) is 10.7. The number of aliphatic hydroxyl groups is 1. The van der Waals surface area contributed by atoms with E-state index in [0.29, 0.717) is 23.7 Å². The van der Waals surface area contributed by atoms with Gasteiger partial charge in [0.2, 0.25) is 6.29 Å². The number of rotatable bonds is 1. The van der Waals surface area contributed by atoms with Crippen molar-refractivity contribution in [1.82, 2.24) is 0 Å². The first-order valence-corrected chi connectivity index (χ1v) is 10.7. The van der Waals surface area contributed by atoms with Crippen LogP contribution in [0.25, 0.3) is 0 Å². The van der Waals surface area contributed by atoms with Gasteiger partial charge in [-0.3, -0.25) is 4.79 Å². The van der Waals surface area contributed by atoms with E-state index in [1.165, 1.54) is 26.2 Å². The minimum Gasteiger partial charge on any atom is -0.433 e. The number of esters is 1. The Hall–Kier alpha value is -0.650. The standard InChI is InChI=1S/C22H36O5/c1-14(23)26-18-22(17(24)13-25-18)12-8-16-20(4)10-6-9-19(2,3)15(20)7-11-21(16,5)27-22/h15-18,24H,6-13H2,1-5H3/t15-,16+,17+,18-,20-,21+,22-/m1/s1. The highest BCUT2D eigenvalue weighted by Gasteiger charge is 2.66. The van der Waals surface area contributed by atoms with E-state index in [0.717, 1.165) is 19.3 Å². The number of hydrogen-bond acceptors (Lipinski definition) is 5. The van der Waals surface area contributed by atoms with E-state index >= 15 is 0 Å². The maximum atomic E-state index is 11.6. The molecule has 2 saturated heterocycles. The fourth-order valence-electron chi connectivity index (χ4n) is 7.52. The zero-order chi connectivity index (χ0) is 19.7. The minimum atomic E-state index is -0.926. The van der Waals surface area contributed by atoms with E-state index in [-0.39, 0.29) is 17.6 Å². The summed E-state index contributed by atoms with van der Waals surface area (Å²) in [4.78, 5) is 11.6. The van der Waals surface area contributed by atoms with Gasteiger partial charge >= 0.3 is 5.97 Å². The monoisotopic (exact) mass is 380 g/mol. The van der Waals surface area contributed by atoms with Crippen molar-refractivity contribution in [2.75, 3.05) is 6.61 Å². The van der Waals surface area contributed by atoms with Crippen LogP contribution in [0.3, 0.4) is 0 Å². The highest BCUT2D eigenvalue weighted by molar-refractivity contribution is 5.66. The van der Waals surface area contributed by atoms with Crippen molar-refractivity contribution in [3.63, 3.8) is 0 Å². The third-order valence-corrected chi connectivity index (χ3v) is 8.63. The molecular formula is C22H36O5. The molecule has 5 heteroatoms. The first kappa shape index (κ1) is 19.7. The number of hydrogen-bond donors (Lipinski definition) is 1. The van der Waals surface area contributed by atoms with Crippen LogP contribution in [0.15, 0.2) is 0 Å². The van der Waals surface area contributed by atoms with Crippen molar-refractivity contribution < 1.29 is 24.1 Å². The van der Waals surface area contributed by atoms with Crippen LogP contribution in [-0.2, 0) is 19.0 Å². The quantitative estimate of drug-likeness (QED) is 0.701. The zero-order valence-electron chi connectivity index (χ0n) is 17.5. The summed E-state index contributed by atoms with van der Waals surface area (Å²) >= 11 is 0. The molecule has 27 heavy (non-hydrogen) atoms. The van der Waals surface area contributed by atoms with Gasteiger partial charge in [0.15, 0.2) is 5.60 Å². The first-order valence-electron chi connectivity index (χ1n) is 10.7. The second-order valence-electron chi connectivity index (χ2n) is 10.7. The average molecular weight is 381 g/mol. The molecule has 0 unspecified atom stereocenters. The maximum Gasteiger partial charge on any atom is 0.305 e. The largest absolute Gasteiger partial charge is 0.433 e. The fraction of sp³-hybridized carbons (Fsp3) is 0.955. The lowest BCUT2D eigenvalue weighted by atomic mass is 9.44. The molecule has 0 aromatic rings. The summed E-state index contributed by atoms with van der Waals surface area (Å²) in [5.41, 5.74) is -0.605. The summed E-state index contributed by atoms with van der Waals surface area (Å²) in [5.74, 6) is 0.775. The van der Waals surface area contributed by atoms with Gasteiger partial charge in [0.05, 0.1) is 12.2 Å². The second kappa shape index (κ2) is 6.17.